The van der Waals surface area contributed by atoms with Gasteiger partial charge in [-0.3, -0.25) is 4.79 Å². The summed E-state index contributed by atoms with van der Waals surface area (Å²) in [6.07, 6.45) is 3.64. The number of carbonyl (C=O) groups is 2. The first-order valence-electron chi connectivity index (χ1n) is 6.56. The van der Waals surface area contributed by atoms with Crippen molar-refractivity contribution in [3.05, 3.63) is 0 Å². The Morgan fingerprint density at radius 3 is 2.50 bits per heavy atom. The number of ether oxygens (including phenoxy) is 1. The minimum absolute atomic E-state index is 0.0797. The fourth-order valence-corrected chi connectivity index (χ4v) is 2.22. The van der Waals surface area contributed by atoms with E-state index < -0.39 is 11.5 Å². The van der Waals surface area contributed by atoms with Crippen LogP contribution >= 0.6 is 0 Å². The van der Waals surface area contributed by atoms with Crippen molar-refractivity contribution in [1.82, 2.24) is 10.6 Å². The SMILES string of the molecule is COC(=O)C(C)(C)NC(=O)CCC1CCNCC1. The van der Waals surface area contributed by atoms with Crippen LogP contribution in [0.5, 0.6) is 0 Å². The first-order chi connectivity index (χ1) is 8.45. The predicted molar refractivity (Wildman–Crippen MR) is 69.1 cm³/mol. The molecule has 104 valence electrons. The van der Waals surface area contributed by atoms with Gasteiger partial charge in [0.05, 0.1) is 7.11 Å². The molecule has 0 radical (unpaired) electrons. The number of rotatable bonds is 5. The smallest absolute Gasteiger partial charge is 0.330 e. The van der Waals surface area contributed by atoms with Crippen LogP contribution in [0, 0.1) is 5.92 Å². The largest absolute Gasteiger partial charge is 0.467 e. The predicted octanol–water partition coefficient (Wildman–Crippen LogP) is 0.834. The Morgan fingerprint density at radius 2 is 1.94 bits per heavy atom. The van der Waals surface area contributed by atoms with E-state index in [2.05, 4.69) is 15.4 Å². The zero-order valence-corrected chi connectivity index (χ0v) is 11.5. The van der Waals surface area contributed by atoms with Gasteiger partial charge in [-0.15, -0.1) is 0 Å². The lowest BCUT2D eigenvalue weighted by Gasteiger charge is -2.25. The van der Waals surface area contributed by atoms with Crippen LogP contribution < -0.4 is 10.6 Å². The summed E-state index contributed by atoms with van der Waals surface area (Å²) in [5.74, 6) is 0.125. The molecule has 5 nitrogen and oxygen atoms in total. The minimum Gasteiger partial charge on any atom is -0.467 e. The molecule has 1 amide bonds. The molecule has 1 saturated heterocycles. The highest BCUT2D eigenvalue weighted by Crippen LogP contribution is 2.18. The normalized spacial score (nSPS) is 17.3. The van der Waals surface area contributed by atoms with Gasteiger partial charge in [-0.05, 0) is 52.1 Å². The first-order valence-corrected chi connectivity index (χ1v) is 6.56. The van der Waals surface area contributed by atoms with E-state index in [4.69, 9.17) is 0 Å². The Bertz CT molecular complexity index is 297. The van der Waals surface area contributed by atoms with E-state index in [0.717, 1.165) is 32.4 Å². The number of esters is 1. The lowest BCUT2D eigenvalue weighted by molar-refractivity contribution is -0.149. The van der Waals surface area contributed by atoms with Crippen LogP contribution in [0.25, 0.3) is 0 Å². The molecule has 0 aromatic carbocycles. The molecule has 1 aliphatic heterocycles. The molecule has 1 heterocycles. The number of amides is 1. The summed E-state index contributed by atoms with van der Waals surface area (Å²) in [5, 5.41) is 6.02. The van der Waals surface area contributed by atoms with Crippen LogP contribution in [0.2, 0.25) is 0 Å². The van der Waals surface area contributed by atoms with E-state index in [-0.39, 0.29) is 5.91 Å². The van der Waals surface area contributed by atoms with Crippen molar-refractivity contribution in [3.63, 3.8) is 0 Å². The van der Waals surface area contributed by atoms with Crippen molar-refractivity contribution in [3.8, 4) is 0 Å². The summed E-state index contributed by atoms with van der Waals surface area (Å²) >= 11 is 0. The molecule has 5 heteroatoms. The molecule has 0 aliphatic carbocycles. The molecule has 0 aromatic rings. The van der Waals surface area contributed by atoms with Crippen molar-refractivity contribution >= 4 is 11.9 Å². The molecule has 0 atom stereocenters. The molecule has 0 bridgehead atoms. The number of piperidine rings is 1. The van der Waals surface area contributed by atoms with Gasteiger partial charge in [0.25, 0.3) is 0 Å². The standard InChI is InChI=1S/C13H24N2O3/c1-13(2,12(17)18-3)15-11(16)5-4-10-6-8-14-9-7-10/h10,14H,4-9H2,1-3H3,(H,15,16). The van der Waals surface area contributed by atoms with Gasteiger partial charge in [-0.25, -0.2) is 4.79 Å². The maximum atomic E-state index is 11.8. The third-order valence-electron chi connectivity index (χ3n) is 3.39. The van der Waals surface area contributed by atoms with E-state index in [1.54, 1.807) is 13.8 Å². The van der Waals surface area contributed by atoms with Crippen LogP contribution in [-0.4, -0.2) is 37.6 Å². The summed E-state index contributed by atoms with van der Waals surface area (Å²) in [7, 11) is 1.32. The summed E-state index contributed by atoms with van der Waals surface area (Å²) in [5.41, 5.74) is -0.944. The van der Waals surface area contributed by atoms with Gasteiger partial charge < -0.3 is 15.4 Å². The molecule has 1 rings (SSSR count). The monoisotopic (exact) mass is 256 g/mol. The zero-order chi connectivity index (χ0) is 13.6. The van der Waals surface area contributed by atoms with Crippen molar-refractivity contribution in [2.24, 2.45) is 5.92 Å². The fourth-order valence-electron chi connectivity index (χ4n) is 2.22. The number of hydrogen-bond donors (Lipinski definition) is 2. The molecule has 0 aromatic heterocycles. The van der Waals surface area contributed by atoms with Crippen LogP contribution in [0.15, 0.2) is 0 Å². The van der Waals surface area contributed by atoms with Crippen LogP contribution in [-0.2, 0) is 14.3 Å². The Hall–Kier alpha value is -1.10. The second kappa shape index (κ2) is 6.73. The lowest BCUT2D eigenvalue weighted by Crippen LogP contribution is -2.50. The van der Waals surface area contributed by atoms with E-state index in [1.165, 1.54) is 7.11 Å². The van der Waals surface area contributed by atoms with E-state index in [0.29, 0.717) is 12.3 Å². The highest BCUT2D eigenvalue weighted by atomic mass is 16.5. The Labute approximate surface area is 109 Å². The summed E-state index contributed by atoms with van der Waals surface area (Å²) in [6, 6.07) is 0. The van der Waals surface area contributed by atoms with Crippen molar-refractivity contribution in [2.45, 2.75) is 45.1 Å². The molecule has 0 unspecified atom stereocenters. The molecule has 1 aliphatic rings. The van der Waals surface area contributed by atoms with Crippen LogP contribution in [0.1, 0.15) is 39.5 Å². The number of methoxy groups -OCH3 is 1. The lowest BCUT2D eigenvalue weighted by atomic mass is 9.93. The Morgan fingerprint density at radius 1 is 1.33 bits per heavy atom. The third-order valence-corrected chi connectivity index (χ3v) is 3.39. The summed E-state index contributed by atoms with van der Waals surface area (Å²) in [6.45, 7) is 5.39. The van der Waals surface area contributed by atoms with Gasteiger partial charge >= 0.3 is 5.97 Å². The van der Waals surface area contributed by atoms with Crippen LogP contribution in [0.4, 0.5) is 0 Å². The van der Waals surface area contributed by atoms with Gasteiger partial charge in [0.15, 0.2) is 0 Å². The minimum atomic E-state index is -0.944. The number of hydrogen-bond acceptors (Lipinski definition) is 4. The highest BCUT2D eigenvalue weighted by Gasteiger charge is 2.30. The topological polar surface area (TPSA) is 67.4 Å². The Balaban J connectivity index is 2.30. The summed E-state index contributed by atoms with van der Waals surface area (Å²) in [4.78, 5) is 23.2. The third kappa shape index (κ3) is 4.64. The van der Waals surface area contributed by atoms with E-state index in [1.807, 2.05) is 0 Å². The molecule has 2 N–H and O–H groups in total. The molecular formula is C13H24N2O3. The van der Waals surface area contributed by atoms with Gasteiger partial charge in [0, 0.05) is 6.42 Å². The molecular weight excluding hydrogens is 232 g/mol. The fraction of sp³-hybridized carbons (Fsp3) is 0.846. The number of carbonyl (C=O) groups excluding carboxylic acids is 2. The summed E-state index contributed by atoms with van der Waals surface area (Å²) < 4.78 is 4.65. The van der Waals surface area contributed by atoms with Gasteiger partial charge in [0.1, 0.15) is 5.54 Å². The van der Waals surface area contributed by atoms with E-state index in [9.17, 15) is 9.59 Å². The molecule has 0 saturated carbocycles. The van der Waals surface area contributed by atoms with Crippen molar-refractivity contribution in [2.75, 3.05) is 20.2 Å². The Kier molecular flexibility index (Phi) is 5.59. The first kappa shape index (κ1) is 15.0. The van der Waals surface area contributed by atoms with E-state index >= 15 is 0 Å². The zero-order valence-electron chi connectivity index (χ0n) is 11.5. The van der Waals surface area contributed by atoms with Crippen molar-refractivity contribution in [1.29, 1.82) is 0 Å². The number of nitrogens with one attached hydrogen (secondary N) is 2. The molecule has 18 heavy (non-hydrogen) atoms. The molecule has 1 fully saturated rings. The quantitative estimate of drug-likeness (QED) is 0.715. The van der Waals surface area contributed by atoms with Crippen LogP contribution in [0.3, 0.4) is 0 Å². The average Bonchev–Trinajstić information content (AvgIpc) is 2.36. The van der Waals surface area contributed by atoms with Crippen molar-refractivity contribution < 1.29 is 14.3 Å². The average molecular weight is 256 g/mol. The second-order valence-electron chi connectivity index (χ2n) is 5.40. The maximum Gasteiger partial charge on any atom is 0.330 e. The second-order valence-corrected chi connectivity index (χ2v) is 5.40. The highest BCUT2D eigenvalue weighted by molar-refractivity contribution is 5.87. The molecule has 0 spiro atoms. The van der Waals surface area contributed by atoms with Gasteiger partial charge in [-0.2, -0.15) is 0 Å². The van der Waals surface area contributed by atoms with Gasteiger partial charge in [0.2, 0.25) is 5.91 Å². The maximum absolute atomic E-state index is 11.8. The van der Waals surface area contributed by atoms with Gasteiger partial charge in [-0.1, -0.05) is 0 Å².